The van der Waals surface area contributed by atoms with E-state index in [9.17, 15) is 0 Å². The number of rotatable bonds is 3. The molecule has 1 rings (SSSR count). The van der Waals surface area contributed by atoms with Gasteiger partial charge in [-0.25, -0.2) is 0 Å². The minimum atomic E-state index is -0.773. The quantitative estimate of drug-likeness (QED) is 0.693. The summed E-state index contributed by atoms with van der Waals surface area (Å²) in [5.74, 6) is 0.655. The molecule has 64 valence electrons. The summed E-state index contributed by atoms with van der Waals surface area (Å²) in [7, 11) is 0. The summed E-state index contributed by atoms with van der Waals surface area (Å²) in [4.78, 5) is 0. The van der Waals surface area contributed by atoms with Gasteiger partial charge in [0.1, 0.15) is 5.75 Å². The largest absolute Gasteiger partial charge is 0.465 e. The molecule has 0 amide bonds. The molecule has 12 heavy (non-hydrogen) atoms. The molecular formula is C10H12O2. The van der Waals surface area contributed by atoms with Crippen LogP contribution in [0.15, 0.2) is 30.8 Å². The number of ether oxygens (including phenoxy) is 1. The van der Waals surface area contributed by atoms with Crippen molar-refractivity contribution in [3.63, 3.8) is 0 Å². The van der Waals surface area contributed by atoms with Crippen LogP contribution in [0.3, 0.4) is 0 Å². The molecule has 2 heteroatoms. The fourth-order valence-electron chi connectivity index (χ4n) is 0.912. The SMILES string of the molecule is C=Cc1cccc(OC(C)O)c1. The fraction of sp³-hybridized carbons (Fsp3) is 0.200. The van der Waals surface area contributed by atoms with Gasteiger partial charge in [-0.3, -0.25) is 0 Å². The lowest BCUT2D eigenvalue weighted by Gasteiger charge is -2.08. The van der Waals surface area contributed by atoms with Crippen LogP contribution in [0.5, 0.6) is 5.75 Å². The van der Waals surface area contributed by atoms with E-state index in [2.05, 4.69) is 6.58 Å². The molecule has 0 heterocycles. The maximum atomic E-state index is 8.92. The number of aliphatic hydroxyl groups excluding tert-OH is 1. The van der Waals surface area contributed by atoms with Crippen LogP contribution in [0.1, 0.15) is 12.5 Å². The van der Waals surface area contributed by atoms with Gasteiger partial charge in [0, 0.05) is 0 Å². The third-order valence-corrected chi connectivity index (χ3v) is 1.40. The number of aliphatic hydroxyl groups is 1. The van der Waals surface area contributed by atoms with Crippen molar-refractivity contribution in [3.8, 4) is 5.75 Å². The topological polar surface area (TPSA) is 29.5 Å². The molecule has 1 N–H and O–H groups in total. The second-order valence-corrected chi connectivity index (χ2v) is 2.49. The first-order valence-corrected chi connectivity index (χ1v) is 3.79. The summed E-state index contributed by atoms with van der Waals surface area (Å²) < 4.78 is 5.06. The molecule has 0 aliphatic rings. The molecule has 0 spiro atoms. The predicted octanol–water partition coefficient (Wildman–Crippen LogP) is 2.05. The first-order chi connectivity index (χ1) is 5.72. The van der Waals surface area contributed by atoms with E-state index in [0.29, 0.717) is 5.75 Å². The van der Waals surface area contributed by atoms with E-state index >= 15 is 0 Å². The van der Waals surface area contributed by atoms with Crippen LogP contribution in [-0.4, -0.2) is 11.4 Å². The molecule has 0 saturated carbocycles. The maximum Gasteiger partial charge on any atom is 0.194 e. The summed E-state index contributed by atoms with van der Waals surface area (Å²) in [6.45, 7) is 5.20. The summed E-state index contributed by atoms with van der Waals surface area (Å²) >= 11 is 0. The Morgan fingerprint density at radius 1 is 1.58 bits per heavy atom. The Bertz CT molecular complexity index is 266. The average molecular weight is 164 g/mol. The zero-order valence-corrected chi connectivity index (χ0v) is 7.03. The molecule has 1 aromatic rings. The third-order valence-electron chi connectivity index (χ3n) is 1.40. The van der Waals surface area contributed by atoms with Crippen molar-refractivity contribution in [2.45, 2.75) is 13.2 Å². The van der Waals surface area contributed by atoms with E-state index in [4.69, 9.17) is 9.84 Å². The smallest absolute Gasteiger partial charge is 0.194 e. The molecule has 0 aliphatic heterocycles. The first-order valence-electron chi connectivity index (χ1n) is 3.79. The van der Waals surface area contributed by atoms with Crippen LogP contribution >= 0.6 is 0 Å². The van der Waals surface area contributed by atoms with Crippen molar-refractivity contribution in [2.24, 2.45) is 0 Å². The third kappa shape index (κ3) is 2.40. The normalized spacial score (nSPS) is 12.2. The zero-order valence-electron chi connectivity index (χ0n) is 7.03. The second-order valence-electron chi connectivity index (χ2n) is 2.49. The predicted molar refractivity (Wildman–Crippen MR) is 48.8 cm³/mol. The van der Waals surface area contributed by atoms with Crippen LogP contribution in [0.4, 0.5) is 0 Å². The van der Waals surface area contributed by atoms with Crippen molar-refractivity contribution >= 4 is 6.08 Å². The van der Waals surface area contributed by atoms with E-state index in [1.54, 1.807) is 19.1 Å². The van der Waals surface area contributed by atoms with Gasteiger partial charge in [-0.2, -0.15) is 0 Å². The van der Waals surface area contributed by atoms with E-state index in [1.165, 1.54) is 0 Å². The fourth-order valence-corrected chi connectivity index (χ4v) is 0.912. The van der Waals surface area contributed by atoms with Crippen molar-refractivity contribution in [2.75, 3.05) is 0 Å². The lowest BCUT2D eigenvalue weighted by molar-refractivity contribution is -0.000295. The number of hydrogen-bond acceptors (Lipinski definition) is 2. The number of benzene rings is 1. The molecule has 0 aromatic heterocycles. The summed E-state index contributed by atoms with van der Waals surface area (Å²) in [5.41, 5.74) is 0.980. The first kappa shape index (κ1) is 8.81. The van der Waals surface area contributed by atoms with Crippen molar-refractivity contribution in [1.82, 2.24) is 0 Å². The number of hydrogen-bond donors (Lipinski definition) is 1. The van der Waals surface area contributed by atoms with Crippen LogP contribution in [0.2, 0.25) is 0 Å². The van der Waals surface area contributed by atoms with Crippen LogP contribution in [0.25, 0.3) is 6.08 Å². The van der Waals surface area contributed by atoms with E-state index in [0.717, 1.165) is 5.56 Å². The van der Waals surface area contributed by atoms with Crippen molar-refractivity contribution < 1.29 is 9.84 Å². The summed E-state index contributed by atoms with van der Waals surface area (Å²) in [6.07, 6.45) is 0.958. The van der Waals surface area contributed by atoms with Gasteiger partial charge in [0.05, 0.1) is 0 Å². The second kappa shape index (κ2) is 3.93. The van der Waals surface area contributed by atoms with Gasteiger partial charge in [0.25, 0.3) is 0 Å². The van der Waals surface area contributed by atoms with Gasteiger partial charge in [-0.05, 0) is 24.6 Å². The monoisotopic (exact) mass is 164 g/mol. The van der Waals surface area contributed by atoms with E-state index in [-0.39, 0.29) is 0 Å². The highest BCUT2D eigenvalue weighted by molar-refractivity contribution is 5.49. The zero-order chi connectivity index (χ0) is 8.97. The van der Waals surface area contributed by atoms with E-state index < -0.39 is 6.29 Å². The van der Waals surface area contributed by atoms with Gasteiger partial charge >= 0.3 is 0 Å². The minimum absolute atomic E-state index is 0.655. The molecule has 2 nitrogen and oxygen atoms in total. The minimum Gasteiger partial charge on any atom is -0.465 e. The molecule has 0 fully saturated rings. The highest BCUT2D eigenvalue weighted by Crippen LogP contribution is 2.14. The average Bonchev–Trinajstić information content (AvgIpc) is 2.03. The van der Waals surface area contributed by atoms with Crippen LogP contribution in [0, 0.1) is 0 Å². The van der Waals surface area contributed by atoms with Crippen LogP contribution in [-0.2, 0) is 0 Å². The Morgan fingerprint density at radius 3 is 2.92 bits per heavy atom. The van der Waals surface area contributed by atoms with Gasteiger partial charge in [-0.1, -0.05) is 24.8 Å². The summed E-state index contributed by atoms with van der Waals surface area (Å²) in [6, 6.07) is 7.38. The molecule has 0 aliphatic carbocycles. The van der Waals surface area contributed by atoms with Crippen molar-refractivity contribution in [3.05, 3.63) is 36.4 Å². The standard InChI is InChI=1S/C10H12O2/c1-3-9-5-4-6-10(7-9)12-8(2)11/h3-8,11H,1H2,2H3. The maximum absolute atomic E-state index is 8.92. The van der Waals surface area contributed by atoms with Gasteiger partial charge in [-0.15, -0.1) is 0 Å². The Hall–Kier alpha value is -1.28. The molecule has 0 bridgehead atoms. The molecule has 0 saturated heterocycles. The van der Waals surface area contributed by atoms with Gasteiger partial charge < -0.3 is 9.84 Å². The highest BCUT2D eigenvalue weighted by atomic mass is 16.6. The Morgan fingerprint density at radius 2 is 2.33 bits per heavy atom. The highest BCUT2D eigenvalue weighted by Gasteiger charge is 1.97. The Labute approximate surface area is 72.1 Å². The van der Waals surface area contributed by atoms with E-state index in [1.807, 2.05) is 18.2 Å². The lowest BCUT2D eigenvalue weighted by atomic mass is 10.2. The lowest BCUT2D eigenvalue weighted by Crippen LogP contribution is -2.09. The molecule has 1 atom stereocenters. The molecule has 1 aromatic carbocycles. The Kier molecular flexibility index (Phi) is 2.88. The molecule has 1 unspecified atom stereocenters. The van der Waals surface area contributed by atoms with Crippen LogP contribution < -0.4 is 4.74 Å². The molecule has 0 radical (unpaired) electrons. The van der Waals surface area contributed by atoms with Gasteiger partial charge in [0.2, 0.25) is 0 Å². The summed E-state index contributed by atoms with van der Waals surface area (Å²) in [5, 5.41) is 8.92. The molecular weight excluding hydrogens is 152 g/mol. The van der Waals surface area contributed by atoms with Gasteiger partial charge in [0.15, 0.2) is 6.29 Å². The van der Waals surface area contributed by atoms with Crippen molar-refractivity contribution in [1.29, 1.82) is 0 Å². The Balaban J connectivity index is 2.79.